The van der Waals surface area contributed by atoms with Crippen molar-refractivity contribution in [3.63, 3.8) is 0 Å². The van der Waals surface area contributed by atoms with E-state index in [2.05, 4.69) is 17.6 Å². The summed E-state index contributed by atoms with van der Waals surface area (Å²) in [4.78, 5) is 34.0. The van der Waals surface area contributed by atoms with Gasteiger partial charge in [-0.05, 0) is 24.8 Å². The number of amides is 2. The highest BCUT2D eigenvalue weighted by Gasteiger charge is 2.22. The molecule has 2 atom stereocenters. The Balaban J connectivity index is 1.85. The molecule has 2 amide bonds. The zero-order valence-electron chi connectivity index (χ0n) is 13.1. The van der Waals surface area contributed by atoms with Crippen LogP contribution in [-0.4, -0.2) is 29.3 Å². The molecule has 2 rings (SSSR count). The topological polar surface area (TPSA) is 101 Å². The van der Waals surface area contributed by atoms with Crippen molar-refractivity contribution in [2.45, 2.75) is 38.6 Å². The lowest BCUT2D eigenvalue weighted by Crippen LogP contribution is -2.45. The van der Waals surface area contributed by atoms with Crippen LogP contribution < -0.4 is 10.6 Å². The van der Waals surface area contributed by atoms with Gasteiger partial charge in [-0.1, -0.05) is 25.8 Å². The summed E-state index contributed by atoms with van der Waals surface area (Å²) in [5.41, 5.74) is 0.0103. The van der Waals surface area contributed by atoms with Crippen molar-refractivity contribution < 1.29 is 14.5 Å². The maximum absolute atomic E-state index is 12.0. The summed E-state index contributed by atoms with van der Waals surface area (Å²) in [6.45, 7) is 1.98. The lowest BCUT2D eigenvalue weighted by atomic mass is 9.86. The van der Waals surface area contributed by atoms with Gasteiger partial charge in [-0.15, -0.1) is 0 Å². The summed E-state index contributed by atoms with van der Waals surface area (Å²) in [6, 6.07) is 5.58. The maximum atomic E-state index is 12.0. The molecule has 7 heteroatoms. The van der Waals surface area contributed by atoms with Crippen LogP contribution in [-0.2, 0) is 4.79 Å². The number of nitrogens with one attached hydrogen (secondary N) is 2. The molecule has 23 heavy (non-hydrogen) atoms. The Hall–Kier alpha value is -2.44. The molecule has 0 aliphatic heterocycles. The lowest BCUT2D eigenvalue weighted by molar-refractivity contribution is -0.384. The number of carbonyl (C=O) groups excluding carboxylic acids is 2. The molecule has 124 valence electrons. The van der Waals surface area contributed by atoms with Crippen molar-refractivity contribution in [2.75, 3.05) is 6.54 Å². The summed E-state index contributed by atoms with van der Waals surface area (Å²) in [6.07, 6.45) is 4.36. The third kappa shape index (κ3) is 4.77. The van der Waals surface area contributed by atoms with E-state index in [4.69, 9.17) is 0 Å². The number of nitro benzene ring substituents is 1. The van der Waals surface area contributed by atoms with E-state index in [0.717, 1.165) is 19.3 Å². The third-order valence-corrected chi connectivity index (χ3v) is 4.19. The molecule has 1 fully saturated rings. The number of benzene rings is 1. The number of nitro groups is 1. The van der Waals surface area contributed by atoms with Gasteiger partial charge in [0, 0.05) is 23.7 Å². The van der Waals surface area contributed by atoms with Crippen LogP contribution in [0.2, 0.25) is 0 Å². The van der Waals surface area contributed by atoms with Gasteiger partial charge in [-0.3, -0.25) is 19.7 Å². The number of nitrogens with zero attached hydrogens (tertiary/aromatic N) is 1. The number of hydrogen-bond donors (Lipinski definition) is 2. The van der Waals surface area contributed by atoms with Crippen molar-refractivity contribution in [1.29, 1.82) is 0 Å². The summed E-state index contributed by atoms with van der Waals surface area (Å²) >= 11 is 0. The molecule has 0 heterocycles. The standard InChI is InChI=1S/C16H21N3O4/c1-11-5-2-3-8-14(11)18-15(20)10-17-16(21)12-6-4-7-13(9-12)19(22)23/h4,6-7,9,11,14H,2-3,5,8,10H2,1H3,(H,17,21)(H,18,20). The summed E-state index contributed by atoms with van der Waals surface area (Å²) < 4.78 is 0. The first-order chi connectivity index (χ1) is 11.0. The van der Waals surface area contributed by atoms with Gasteiger partial charge in [-0.25, -0.2) is 0 Å². The van der Waals surface area contributed by atoms with Crippen molar-refractivity contribution in [1.82, 2.24) is 10.6 Å². The quantitative estimate of drug-likeness (QED) is 0.640. The Bertz CT molecular complexity index is 603. The molecular formula is C16H21N3O4. The van der Waals surface area contributed by atoms with Crippen LogP contribution in [0.25, 0.3) is 0 Å². The number of rotatable bonds is 5. The molecule has 7 nitrogen and oxygen atoms in total. The number of carbonyl (C=O) groups is 2. The van der Waals surface area contributed by atoms with Gasteiger partial charge in [0.05, 0.1) is 11.5 Å². The molecule has 0 aromatic heterocycles. The Kier molecular flexibility index (Phi) is 5.67. The van der Waals surface area contributed by atoms with Crippen molar-refractivity contribution >= 4 is 17.5 Å². The smallest absolute Gasteiger partial charge is 0.270 e. The Morgan fingerprint density at radius 3 is 2.74 bits per heavy atom. The molecule has 0 saturated heterocycles. The van der Waals surface area contributed by atoms with Gasteiger partial charge in [0.1, 0.15) is 0 Å². The van der Waals surface area contributed by atoms with Crippen molar-refractivity contribution in [3.05, 3.63) is 39.9 Å². The van der Waals surface area contributed by atoms with Crippen LogP contribution >= 0.6 is 0 Å². The van der Waals surface area contributed by atoms with E-state index in [1.54, 1.807) is 0 Å². The second kappa shape index (κ2) is 7.71. The first-order valence-corrected chi connectivity index (χ1v) is 7.79. The fourth-order valence-electron chi connectivity index (χ4n) is 2.81. The first-order valence-electron chi connectivity index (χ1n) is 7.79. The van der Waals surface area contributed by atoms with E-state index < -0.39 is 10.8 Å². The molecule has 2 unspecified atom stereocenters. The summed E-state index contributed by atoms with van der Waals surface area (Å²) in [7, 11) is 0. The maximum Gasteiger partial charge on any atom is 0.270 e. The van der Waals surface area contributed by atoms with Gasteiger partial charge in [0.25, 0.3) is 11.6 Å². The highest BCUT2D eigenvalue weighted by atomic mass is 16.6. The Morgan fingerprint density at radius 2 is 2.04 bits per heavy atom. The molecule has 0 spiro atoms. The third-order valence-electron chi connectivity index (χ3n) is 4.19. The SMILES string of the molecule is CC1CCCCC1NC(=O)CNC(=O)c1cccc([N+](=O)[O-])c1. The van der Waals surface area contributed by atoms with Crippen molar-refractivity contribution in [3.8, 4) is 0 Å². The minimum atomic E-state index is -0.562. The predicted molar refractivity (Wildman–Crippen MR) is 85.0 cm³/mol. The molecule has 0 radical (unpaired) electrons. The minimum absolute atomic E-state index is 0.134. The largest absolute Gasteiger partial charge is 0.352 e. The normalized spacial score (nSPS) is 20.6. The zero-order valence-corrected chi connectivity index (χ0v) is 13.1. The van der Waals surface area contributed by atoms with E-state index in [1.165, 1.54) is 30.7 Å². The van der Waals surface area contributed by atoms with E-state index >= 15 is 0 Å². The molecule has 1 saturated carbocycles. The molecule has 1 aliphatic carbocycles. The predicted octanol–water partition coefficient (Wildman–Crippen LogP) is 2.02. The molecule has 1 aliphatic rings. The van der Waals surface area contributed by atoms with E-state index in [-0.39, 0.29) is 29.7 Å². The van der Waals surface area contributed by atoms with Gasteiger partial charge in [-0.2, -0.15) is 0 Å². The molecule has 2 N–H and O–H groups in total. The van der Waals surface area contributed by atoms with Crippen molar-refractivity contribution in [2.24, 2.45) is 5.92 Å². The van der Waals surface area contributed by atoms with Crippen LogP contribution in [0, 0.1) is 16.0 Å². The first kappa shape index (κ1) is 16.9. The highest BCUT2D eigenvalue weighted by Crippen LogP contribution is 2.23. The average Bonchev–Trinajstić information content (AvgIpc) is 2.55. The second-order valence-electron chi connectivity index (χ2n) is 5.93. The minimum Gasteiger partial charge on any atom is -0.352 e. The van der Waals surface area contributed by atoms with Gasteiger partial charge in [0.15, 0.2) is 0 Å². The second-order valence-corrected chi connectivity index (χ2v) is 5.93. The molecule has 1 aromatic rings. The van der Waals surface area contributed by atoms with Gasteiger partial charge < -0.3 is 10.6 Å². The lowest BCUT2D eigenvalue weighted by Gasteiger charge is -2.29. The fraction of sp³-hybridized carbons (Fsp3) is 0.500. The Morgan fingerprint density at radius 1 is 1.30 bits per heavy atom. The van der Waals surface area contributed by atoms with Crippen LogP contribution in [0.5, 0.6) is 0 Å². The average molecular weight is 319 g/mol. The Labute approximate surface area is 134 Å². The number of hydrogen-bond acceptors (Lipinski definition) is 4. The van der Waals surface area contributed by atoms with Crippen LogP contribution in [0.4, 0.5) is 5.69 Å². The number of non-ortho nitro benzene ring substituents is 1. The molecule has 1 aromatic carbocycles. The fourth-order valence-corrected chi connectivity index (χ4v) is 2.81. The zero-order chi connectivity index (χ0) is 16.8. The van der Waals surface area contributed by atoms with Crippen LogP contribution in [0.3, 0.4) is 0 Å². The molecular weight excluding hydrogens is 298 g/mol. The van der Waals surface area contributed by atoms with E-state index in [9.17, 15) is 19.7 Å². The summed E-state index contributed by atoms with van der Waals surface area (Å²) in [5.74, 6) is -0.289. The van der Waals surface area contributed by atoms with Crippen LogP contribution in [0.15, 0.2) is 24.3 Å². The van der Waals surface area contributed by atoms with E-state index in [1.807, 2.05) is 0 Å². The van der Waals surface area contributed by atoms with E-state index in [0.29, 0.717) is 5.92 Å². The van der Waals surface area contributed by atoms with Crippen LogP contribution in [0.1, 0.15) is 43.0 Å². The molecule has 0 bridgehead atoms. The summed E-state index contributed by atoms with van der Waals surface area (Å²) in [5, 5.41) is 16.1. The van der Waals surface area contributed by atoms with Gasteiger partial charge in [0.2, 0.25) is 5.91 Å². The van der Waals surface area contributed by atoms with Gasteiger partial charge >= 0.3 is 0 Å². The monoisotopic (exact) mass is 319 g/mol. The highest BCUT2D eigenvalue weighted by molar-refractivity contribution is 5.96.